The van der Waals surface area contributed by atoms with Crippen LogP contribution in [-0.4, -0.2) is 15.3 Å². The number of carbonyl (C=O) groups excluding carboxylic acids is 1. The minimum atomic E-state index is 0.0493. The van der Waals surface area contributed by atoms with E-state index in [1.807, 2.05) is 42.8 Å². The maximum Gasteiger partial charge on any atom is 0.220 e. The van der Waals surface area contributed by atoms with Crippen LogP contribution < -0.4 is 5.32 Å². The lowest BCUT2D eigenvalue weighted by Crippen LogP contribution is -2.21. The SMILES string of the molecule is CCC(=O)NCc1cn2cc(C)ccc2n1. The van der Waals surface area contributed by atoms with Crippen molar-refractivity contribution in [2.45, 2.75) is 26.8 Å². The summed E-state index contributed by atoms with van der Waals surface area (Å²) in [7, 11) is 0. The third-order valence-corrected chi connectivity index (χ3v) is 2.44. The second-order valence-corrected chi connectivity index (χ2v) is 3.83. The number of hydrogen-bond donors (Lipinski definition) is 1. The monoisotopic (exact) mass is 217 g/mol. The molecule has 0 atom stereocenters. The molecule has 0 unspecified atom stereocenters. The minimum absolute atomic E-state index is 0.0493. The molecular formula is C12H15N3O. The molecule has 0 aliphatic rings. The van der Waals surface area contributed by atoms with Crippen molar-refractivity contribution in [2.24, 2.45) is 0 Å². The van der Waals surface area contributed by atoms with Crippen LogP contribution in [0.25, 0.3) is 5.65 Å². The van der Waals surface area contributed by atoms with Gasteiger partial charge in [0.1, 0.15) is 5.65 Å². The van der Waals surface area contributed by atoms with Crippen LogP contribution in [0, 0.1) is 6.92 Å². The fraction of sp³-hybridized carbons (Fsp3) is 0.333. The molecule has 0 aliphatic heterocycles. The molecule has 16 heavy (non-hydrogen) atoms. The number of hydrogen-bond acceptors (Lipinski definition) is 2. The Morgan fingerprint density at radius 2 is 2.25 bits per heavy atom. The highest BCUT2D eigenvalue weighted by Crippen LogP contribution is 2.06. The van der Waals surface area contributed by atoms with Crippen LogP contribution in [-0.2, 0) is 11.3 Å². The van der Waals surface area contributed by atoms with Gasteiger partial charge in [-0.05, 0) is 18.6 Å². The van der Waals surface area contributed by atoms with E-state index in [1.54, 1.807) is 0 Å². The molecule has 1 amide bonds. The molecule has 84 valence electrons. The number of fused-ring (bicyclic) bond motifs is 1. The number of aryl methyl sites for hydroxylation is 1. The van der Waals surface area contributed by atoms with Crippen LogP contribution in [0.5, 0.6) is 0 Å². The molecule has 4 heteroatoms. The maximum atomic E-state index is 11.1. The second-order valence-electron chi connectivity index (χ2n) is 3.83. The first-order chi connectivity index (χ1) is 7.69. The Kier molecular flexibility index (Phi) is 2.90. The fourth-order valence-electron chi connectivity index (χ4n) is 1.55. The molecule has 1 N–H and O–H groups in total. The summed E-state index contributed by atoms with van der Waals surface area (Å²) in [6, 6.07) is 4.00. The van der Waals surface area contributed by atoms with E-state index in [1.165, 1.54) is 5.56 Å². The van der Waals surface area contributed by atoms with E-state index in [2.05, 4.69) is 10.3 Å². The maximum absolute atomic E-state index is 11.1. The zero-order chi connectivity index (χ0) is 11.5. The number of rotatable bonds is 3. The first-order valence-corrected chi connectivity index (χ1v) is 5.40. The molecule has 0 saturated heterocycles. The van der Waals surface area contributed by atoms with Crippen LogP contribution in [0.3, 0.4) is 0 Å². The minimum Gasteiger partial charge on any atom is -0.350 e. The van der Waals surface area contributed by atoms with Gasteiger partial charge in [-0.25, -0.2) is 4.98 Å². The summed E-state index contributed by atoms with van der Waals surface area (Å²) in [6.07, 6.45) is 4.47. The Balaban J connectivity index is 2.16. The average molecular weight is 217 g/mol. The fourth-order valence-corrected chi connectivity index (χ4v) is 1.55. The van der Waals surface area contributed by atoms with Gasteiger partial charge in [0.05, 0.1) is 12.2 Å². The number of aromatic nitrogens is 2. The van der Waals surface area contributed by atoms with E-state index < -0.39 is 0 Å². The van der Waals surface area contributed by atoms with Crippen LogP contribution in [0.1, 0.15) is 24.6 Å². The van der Waals surface area contributed by atoms with Gasteiger partial charge in [0, 0.05) is 18.8 Å². The van der Waals surface area contributed by atoms with Crippen molar-refractivity contribution in [3.63, 3.8) is 0 Å². The normalized spacial score (nSPS) is 10.6. The van der Waals surface area contributed by atoms with E-state index in [0.29, 0.717) is 13.0 Å². The molecule has 2 aromatic rings. The Hall–Kier alpha value is -1.84. The molecule has 2 heterocycles. The van der Waals surface area contributed by atoms with Crippen molar-refractivity contribution in [3.8, 4) is 0 Å². The van der Waals surface area contributed by atoms with Crippen molar-refractivity contribution in [2.75, 3.05) is 0 Å². The molecule has 0 fully saturated rings. The highest BCUT2D eigenvalue weighted by molar-refractivity contribution is 5.75. The van der Waals surface area contributed by atoms with Crippen LogP contribution in [0.2, 0.25) is 0 Å². The van der Waals surface area contributed by atoms with Gasteiger partial charge in [-0.3, -0.25) is 4.79 Å². The van der Waals surface area contributed by atoms with Crippen molar-refractivity contribution in [1.29, 1.82) is 0 Å². The largest absolute Gasteiger partial charge is 0.350 e. The van der Waals surface area contributed by atoms with Gasteiger partial charge in [-0.1, -0.05) is 13.0 Å². The Morgan fingerprint density at radius 1 is 1.44 bits per heavy atom. The molecule has 4 nitrogen and oxygen atoms in total. The molecule has 0 saturated carbocycles. The van der Waals surface area contributed by atoms with Crippen molar-refractivity contribution < 1.29 is 4.79 Å². The average Bonchev–Trinajstić information content (AvgIpc) is 2.67. The topological polar surface area (TPSA) is 46.4 Å². The van der Waals surface area contributed by atoms with Crippen molar-refractivity contribution in [3.05, 3.63) is 35.8 Å². The smallest absolute Gasteiger partial charge is 0.220 e. The highest BCUT2D eigenvalue weighted by atomic mass is 16.1. The van der Waals surface area contributed by atoms with Crippen LogP contribution in [0.15, 0.2) is 24.5 Å². The number of amides is 1. The van der Waals surface area contributed by atoms with Gasteiger partial charge in [-0.15, -0.1) is 0 Å². The molecule has 0 aliphatic carbocycles. The summed E-state index contributed by atoms with van der Waals surface area (Å²) >= 11 is 0. The number of nitrogens with one attached hydrogen (secondary N) is 1. The van der Waals surface area contributed by atoms with E-state index >= 15 is 0 Å². The number of carbonyl (C=O) groups is 1. The molecular weight excluding hydrogens is 202 g/mol. The standard InChI is InChI=1S/C12H15N3O/c1-3-12(16)13-6-10-8-15-7-9(2)4-5-11(15)14-10/h4-5,7-8H,3,6H2,1-2H3,(H,13,16). The Labute approximate surface area is 94.3 Å². The Morgan fingerprint density at radius 3 is 3.00 bits per heavy atom. The number of nitrogens with zero attached hydrogens (tertiary/aromatic N) is 2. The third-order valence-electron chi connectivity index (χ3n) is 2.44. The van der Waals surface area contributed by atoms with E-state index in [-0.39, 0.29) is 5.91 Å². The van der Waals surface area contributed by atoms with Crippen LogP contribution >= 0.6 is 0 Å². The summed E-state index contributed by atoms with van der Waals surface area (Å²) in [5.41, 5.74) is 2.98. The Bertz CT molecular complexity index is 516. The number of imidazole rings is 1. The van der Waals surface area contributed by atoms with Crippen molar-refractivity contribution in [1.82, 2.24) is 14.7 Å². The van der Waals surface area contributed by atoms with E-state index in [4.69, 9.17) is 0 Å². The summed E-state index contributed by atoms with van der Waals surface area (Å²) in [5.74, 6) is 0.0493. The lowest BCUT2D eigenvalue weighted by molar-refractivity contribution is -0.120. The molecule has 2 rings (SSSR count). The van der Waals surface area contributed by atoms with Gasteiger partial charge in [-0.2, -0.15) is 0 Å². The van der Waals surface area contributed by atoms with Gasteiger partial charge in [0.25, 0.3) is 0 Å². The molecule has 2 aromatic heterocycles. The van der Waals surface area contributed by atoms with E-state index in [0.717, 1.165) is 11.3 Å². The van der Waals surface area contributed by atoms with Gasteiger partial charge >= 0.3 is 0 Å². The zero-order valence-corrected chi connectivity index (χ0v) is 9.53. The van der Waals surface area contributed by atoms with Gasteiger partial charge in [0.15, 0.2) is 0 Å². The summed E-state index contributed by atoms with van der Waals surface area (Å²) in [4.78, 5) is 15.5. The quantitative estimate of drug-likeness (QED) is 0.850. The second kappa shape index (κ2) is 4.35. The predicted octanol–water partition coefficient (Wildman–Crippen LogP) is 1.67. The van der Waals surface area contributed by atoms with E-state index in [9.17, 15) is 4.79 Å². The molecule has 0 spiro atoms. The summed E-state index contributed by atoms with van der Waals surface area (Å²) < 4.78 is 1.97. The summed E-state index contributed by atoms with van der Waals surface area (Å²) in [6.45, 7) is 4.37. The highest BCUT2D eigenvalue weighted by Gasteiger charge is 2.02. The molecule has 0 aromatic carbocycles. The summed E-state index contributed by atoms with van der Waals surface area (Å²) in [5, 5.41) is 2.81. The van der Waals surface area contributed by atoms with Gasteiger partial charge in [0.2, 0.25) is 5.91 Å². The molecule has 0 bridgehead atoms. The van der Waals surface area contributed by atoms with Crippen molar-refractivity contribution >= 4 is 11.6 Å². The van der Waals surface area contributed by atoms with Crippen LogP contribution in [0.4, 0.5) is 0 Å². The lowest BCUT2D eigenvalue weighted by Gasteiger charge is -1.98. The lowest BCUT2D eigenvalue weighted by atomic mass is 10.3. The third kappa shape index (κ3) is 2.21. The first kappa shape index (κ1) is 10.7. The molecule has 0 radical (unpaired) electrons. The first-order valence-electron chi connectivity index (χ1n) is 5.40. The predicted molar refractivity (Wildman–Crippen MR) is 62.1 cm³/mol. The number of pyridine rings is 1. The van der Waals surface area contributed by atoms with Gasteiger partial charge < -0.3 is 9.72 Å². The zero-order valence-electron chi connectivity index (χ0n) is 9.53.